The van der Waals surface area contributed by atoms with E-state index < -0.39 is 0 Å². The molecule has 0 spiro atoms. The predicted octanol–water partition coefficient (Wildman–Crippen LogP) is 4.89. The maximum absolute atomic E-state index is 13.7. The Labute approximate surface area is 117 Å². The van der Waals surface area contributed by atoms with Crippen molar-refractivity contribution in [1.29, 1.82) is 0 Å². The van der Waals surface area contributed by atoms with Crippen LogP contribution in [0.15, 0.2) is 36.4 Å². The van der Waals surface area contributed by atoms with Crippen molar-refractivity contribution in [2.24, 2.45) is 0 Å². The van der Waals surface area contributed by atoms with E-state index in [1.807, 2.05) is 31.2 Å². The first-order chi connectivity index (χ1) is 9.15. The van der Waals surface area contributed by atoms with Gasteiger partial charge in [-0.25, -0.2) is 4.39 Å². The summed E-state index contributed by atoms with van der Waals surface area (Å²) in [6, 6.07) is 11.3. The van der Waals surface area contributed by atoms with Gasteiger partial charge in [0.15, 0.2) is 0 Å². The third-order valence-corrected chi connectivity index (χ3v) is 3.99. The van der Waals surface area contributed by atoms with Crippen LogP contribution in [-0.4, -0.2) is 0 Å². The molecule has 0 aliphatic heterocycles. The summed E-state index contributed by atoms with van der Waals surface area (Å²) in [5, 5.41) is 4.14. The van der Waals surface area contributed by atoms with Crippen LogP contribution in [0.25, 0.3) is 0 Å². The molecule has 1 unspecified atom stereocenters. The van der Waals surface area contributed by atoms with Gasteiger partial charge >= 0.3 is 0 Å². The van der Waals surface area contributed by atoms with E-state index in [4.69, 9.17) is 11.6 Å². The minimum atomic E-state index is -0.0999. The van der Waals surface area contributed by atoms with Gasteiger partial charge < -0.3 is 5.32 Å². The standard InChI is InChI=1S/C16H15ClFN/c1-10-5-7-13(17)16(9-10)19-15-8-6-11-12(15)3-2-4-14(11)18/h2-5,7,9,15,19H,6,8H2,1H3. The molecular weight excluding hydrogens is 261 g/mol. The van der Waals surface area contributed by atoms with Gasteiger partial charge in [0.1, 0.15) is 5.82 Å². The van der Waals surface area contributed by atoms with Gasteiger partial charge in [-0.1, -0.05) is 29.8 Å². The van der Waals surface area contributed by atoms with Gasteiger partial charge in [-0.2, -0.15) is 0 Å². The molecular formula is C16H15ClFN. The van der Waals surface area contributed by atoms with E-state index in [-0.39, 0.29) is 11.9 Å². The average molecular weight is 276 g/mol. The van der Waals surface area contributed by atoms with Crippen LogP contribution in [0.4, 0.5) is 10.1 Å². The molecule has 0 amide bonds. The van der Waals surface area contributed by atoms with Crippen molar-refractivity contribution in [1.82, 2.24) is 0 Å². The van der Waals surface area contributed by atoms with Gasteiger partial charge in [0, 0.05) is 0 Å². The maximum Gasteiger partial charge on any atom is 0.126 e. The quantitative estimate of drug-likeness (QED) is 0.823. The lowest BCUT2D eigenvalue weighted by Gasteiger charge is -2.17. The predicted molar refractivity (Wildman–Crippen MR) is 77.3 cm³/mol. The molecule has 2 aromatic carbocycles. The monoisotopic (exact) mass is 275 g/mol. The van der Waals surface area contributed by atoms with Crippen LogP contribution < -0.4 is 5.32 Å². The lowest BCUT2D eigenvalue weighted by molar-refractivity contribution is 0.612. The van der Waals surface area contributed by atoms with Gasteiger partial charge in [-0.05, 0) is 54.7 Å². The topological polar surface area (TPSA) is 12.0 Å². The molecule has 1 atom stereocenters. The number of nitrogens with one attached hydrogen (secondary N) is 1. The second kappa shape index (κ2) is 4.86. The fourth-order valence-corrected chi connectivity index (χ4v) is 2.87. The van der Waals surface area contributed by atoms with E-state index in [9.17, 15) is 4.39 Å². The van der Waals surface area contributed by atoms with Crippen LogP contribution in [0.2, 0.25) is 5.02 Å². The number of hydrogen-bond acceptors (Lipinski definition) is 1. The van der Waals surface area contributed by atoms with Crippen molar-refractivity contribution in [2.75, 3.05) is 5.32 Å². The highest BCUT2D eigenvalue weighted by atomic mass is 35.5. The Morgan fingerprint density at radius 1 is 1.26 bits per heavy atom. The van der Waals surface area contributed by atoms with Crippen LogP contribution in [0.1, 0.15) is 29.2 Å². The summed E-state index contributed by atoms with van der Waals surface area (Å²) in [5.74, 6) is -0.0999. The summed E-state index contributed by atoms with van der Waals surface area (Å²) < 4.78 is 13.7. The summed E-state index contributed by atoms with van der Waals surface area (Å²) in [5.41, 5.74) is 3.97. The van der Waals surface area contributed by atoms with E-state index in [0.717, 1.165) is 35.2 Å². The van der Waals surface area contributed by atoms with Crippen LogP contribution in [0.5, 0.6) is 0 Å². The van der Waals surface area contributed by atoms with E-state index in [0.29, 0.717) is 5.02 Å². The molecule has 1 N–H and O–H groups in total. The van der Waals surface area contributed by atoms with E-state index in [1.54, 1.807) is 6.07 Å². The number of benzene rings is 2. The minimum Gasteiger partial charge on any atom is -0.377 e. The Hall–Kier alpha value is -1.54. The third-order valence-electron chi connectivity index (χ3n) is 3.67. The summed E-state index contributed by atoms with van der Waals surface area (Å²) >= 11 is 6.20. The molecule has 1 aliphatic rings. The zero-order chi connectivity index (χ0) is 13.4. The highest BCUT2D eigenvalue weighted by Crippen LogP contribution is 2.36. The highest BCUT2D eigenvalue weighted by Gasteiger charge is 2.25. The van der Waals surface area contributed by atoms with Crippen LogP contribution in [0, 0.1) is 12.7 Å². The molecule has 2 aromatic rings. The molecule has 98 valence electrons. The second-order valence-electron chi connectivity index (χ2n) is 5.03. The number of anilines is 1. The first kappa shape index (κ1) is 12.5. The van der Waals surface area contributed by atoms with Gasteiger partial charge in [-0.3, -0.25) is 0 Å². The summed E-state index contributed by atoms with van der Waals surface area (Å²) in [6.07, 6.45) is 1.68. The molecule has 0 saturated carbocycles. The summed E-state index contributed by atoms with van der Waals surface area (Å²) in [7, 11) is 0. The van der Waals surface area contributed by atoms with Crippen LogP contribution >= 0.6 is 11.6 Å². The number of aryl methyl sites for hydroxylation is 1. The first-order valence-corrected chi connectivity index (χ1v) is 6.83. The molecule has 1 nitrogen and oxygen atoms in total. The lowest BCUT2D eigenvalue weighted by Crippen LogP contribution is -2.07. The third kappa shape index (κ3) is 2.33. The molecule has 1 aliphatic carbocycles. The number of fused-ring (bicyclic) bond motifs is 1. The normalized spacial score (nSPS) is 17.3. The number of halogens is 2. The highest BCUT2D eigenvalue weighted by molar-refractivity contribution is 6.33. The summed E-state index contributed by atoms with van der Waals surface area (Å²) in [4.78, 5) is 0. The van der Waals surface area contributed by atoms with Crippen molar-refractivity contribution >= 4 is 17.3 Å². The lowest BCUT2D eigenvalue weighted by atomic mass is 10.1. The van der Waals surface area contributed by atoms with Crippen LogP contribution in [-0.2, 0) is 6.42 Å². The largest absolute Gasteiger partial charge is 0.377 e. The van der Waals surface area contributed by atoms with Gasteiger partial charge in [-0.15, -0.1) is 0 Å². The fourth-order valence-electron chi connectivity index (χ4n) is 2.70. The van der Waals surface area contributed by atoms with E-state index in [1.165, 1.54) is 6.07 Å². The van der Waals surface area contributed by atoms with Gasteiger partial charge in [0.2, 0.25) is 0 Å². The summed E-state index contributed by atoms with van der Waals surface area (Å²) in [6.45, 7) is 2.03. The van der Waals surface area contributed by atoms with Crippen molar-refractivity contribution < 1.29 is 4.39 Å². The van der Waals surface area contributed by atoms with Gasteiger partial charge in [0.25, 0.3) is 0 Å². The fraction of sp³-hybridized carbons (Fsp3) is 0.250. The maximum atomic E-state index is 13.7. The molecule has 0 heterocycles. The average Bonchev–Trinajstić information content (AvgIpc) is 2.79. The van der Waals surface area contributed by atoms with Crippen molar-refractivity contribution in [3.63, 3.8) is 0 Å². The molecule has 3 rings (SSSR count). The molecule has 0 bridgehead atoms. The smallest absolute Gasteiger partial charge is 0.126 e. The van der Waals surface area contributed by atoms with Crippen molar-refractivity contribution in [3.8, 4) is 0 Å². The molecule has 0 fully saturated rings. The van der Waals surface area contributed by atoms with Crippen molar-refractivity contribution in [3.05, 3.63) is 63.9 Å². The SMILES string of the molecule is Cc1ccc(Cl)c(NC2CCc3c(F)cccc32)c1. The Balaban J connectivity index is 1.91. The van der Waals surface area contributed by atoms with Crippen LogP contribution in [0.3, 0.4) is 0 Å². The van der Waals surface area contributed by atoms with Crippen molar-refractivity contribution in [2.45, 2.75) is 25.8 Å². The molecule has 3 heteroatoms. The Morgan fingerprint density at radius 3 is 2.95 bits per heavy atom. The second-order valence-corrected chi connectivity index (χ2v) is 5.43. The Kier molecular flexibility index (Phi) is 3.19. The van der Waals surface area contributed by atoms with E-state index >= 15 is 0 Å². The number of rotatable bonds is 2. The Bertz CT molecular complexity index is 624. The molecule has 0 saturated heterocycles. The van der Waals surface area contributed by atoms with E-state index in [2.05, 4.69) is 5.32 Å². The zero-order valence-corrected chi connectivity index (χ0v) is 11.5. The zero-order valence-electron chi connectivity index (χ0n) is 10.7. The molecule has 0 aromatic heterocycles. The Morgan fingerprint density at radius 2 is 2.11 bits per heavy atom. The first-order valence-electron chi connectivity index (χ1n) is 6.45. The molecule has 19 heavy (non-hydrogen) atoms. The van der Waals surface area contributed by atoms with Gasteiger partial charge in [0.05, 0.1) is 16.8 Å². The number of hydrogen-bond donors (Lipinski definition) is 1. The molecule has 0 radical (unpaired) electrons. The minimum absolute atomic E-state index is 0.0999.